The maximum atomic E-state index is 12.2. The summed E-state index contributed by atoms with van der Waals surface area (Å²) in [5, 5.41) is 9.89. The van der Waals surface area contributed by atoms with Crippen LogP contribution in [0.25, 0.3) is 11.3 Å². The molecule has 27 heavy (non-hydrogen) atoms. The molecule has 0 saturated carbocycles. The number of nitrogens with one attached hydrogen (secondary N) is 1. The maximum Gasteiger partial charge on any atom is 0.270 e. The third kappa shape index (κ3) is 4.20. The summed E-state index contributed by atoms with van der Waals surface area (Å²) in [5.41, 5.74) is 1.54. The van der Waals surface area contributed by atoms with Crippen molar-refractivity contribution in [3.8, 4) is 23.1 Å². The number of nitrogens with zero attached hydrogens (tertiary/aromatic N) is 4. The minimum absolute atomic E-state index is 0.00101. The number of imidazole rings is 1. The molecule has 0 fully saturated rings. The Kier molecular flexibility index (Phi) is 5.62. The number of rotatable bonds is 6. The highest BCUT2D eigenvalue weighted by Gasteiger charge is 2.16. The Morgan fingerprint density at radius 1 is 1.41 bits per heavy atom. The molecule has 7 nitrogen and oxygen atoms in total. The van der Waals surface area contributed by atoms with Gasteiger partial charge in [-0.2, -0.15) is 5.26 Å². The van der Waals surface area contributed by atoms with Crippen molar-refractivity contribution >= 4 is 11.8 Å². The van der Waals surface area contributed by atoms with Gasteiger partial charge in [-0.15, -0.1) is 0 Å². The highest BCUT2D eigenvalue weighted by molar-refractivity contribution is 7.98. The van der Waals surface area contributed by atoms with Crippen molar-refractivity contribution in [2.45, 2.75) is 31.7 Å². The van der Waals surface area contributed by atoms with Gasteiger partial charge >= 0.3 is 0 Å². The summed E-state index contributed by atoms with van der Waals surface area (Å²) in [6.07, 6.45) is 7.14. The van der Waals surface area contributed by atoms with Crippen LogP contribution in [0.5, 0.6) is 5.75 Å². The molecule has 0 aliphatic rings. The van der Waals surface area contributed by atoms with E-state index >= 15 is 0 Å². The van der Waals surface area contributed by atoms with Crippen LogP contribution in [-0.4, -0.2) is 31.9 Å². The lowest BCUT2D eigenvalue weighted by atomic mass is 10.0. The topological polar surface area (TPSA) is 96.6 Å². The predicted molar refractivity (Wildman–Crippen MR) is 104 cm³/mol. The predicted octanol–water partition coefficient (Wildman–Crippen LogP) is 3.06. The van der Waals surface area contributed by atoms with Gasteiger partial charge in [-0.3, -0.25) is 4.79 Å². The van der Waals surface area contributed by atoms with Gasteiger partial charge in [0, 0.05) is 23.5 Å². The Balaban J connectivity index is 2.13. The van der Waals surface area contributed by atoms with Crippen molar-refractivity contribution in [1.29, 1.82) is 5.26 Å². The van der Waals surface area contributed by atoms with E-state index in [2.05, 4.69) is 15.0 Å². The van der Waals surface area contributed by atoms with Crippen molar-refractivity contribution in [1.82, 2.24) is 19.5 Å². The zero-order valence-electron chi connectivity index (χ0n) is 15.3. The summed E-state index contributed by atoms with van der Waals surface area (Å²) in [6, 6.07) is 7.54. The van der Waals surface area contributed by atoms with Gasteiger partial charge in [-0.1, -0.05) is 11.8 Å². The molecule has 2 aromatic heterocycles. The average molecular weight is 381 g/mol. The lowest BCUT2D eigenvalue weighted by Gasteiger charge is -2.16. The second kappa shape index (κ2) is 8.10. The molecule has 2 heterocycles. The molecule has 0 bridgehead atoms. The molecule has 0 aliphatic carbocycles. The monoisotopic (exact) mass is 381 g/mol. The summed E-state index contributed by atoms with van der Waals surface area (Å²) in [4.78, 5) is 23.3. The van der Waals surface area contributed by atoms with E-state index < -0.39 is 5.56 Å². The number of H-pyrrole nitrogens is 1. The SMILES string of the molecule is CSc1nc(-c2ccc(OC(C)C)c(Cn3ccnc3)c2)c(C#N)c(=O)[nH]1. The molecule has 1 N–H and O–H groups in total. The van der Waals surface area contributed by atoms with Crippen LogP contribution in [0.3, 0.4) is 0 Å². The van der Waals surface area contributed by atoms with E-state index in [0.717, 1.165) is 11.3 Å². The molecule has 0 saturated heterocycles. The van der Waals surface area contributed by atoms with Crippen molar-refractivity contribution in [3.05, 3.63) is 58.4 Å². The van der Waals surface area contributed by atoms with Gasteiger partial charge in [-0.25, -0.2) is 9.97 Å². The summed E-state index contributed by atoms with van der Waals surface area (Å²) < 4.78 is 7.85. The van der Waals surface area contributed by atoms with Gasteiger partial charge in [0.1, 0.15) is 17.4 Å². The molecular formula is C19H19N5O2S. The van der Waals surface area contributed by atoms with Crippen molar-refractivity contribution in [2.75, 3.05) is 6.26 Å². The smallest absolute Gasteiger partial charge is 0.270 e. The molecule has 0 radical (unpaired) electrons. The van der Waals surface area contributed by atoms with Gasteiger partial charge in [0.05, 0.1) is 24.7 Å². The van der Waals surface area contributed by atoms with Crippen LogP contribution >= 0.6 is 11.8 Å². The van der Waals surface area contributed by atoms with Crippen molar-refractivity contribution < 1.29 is 4.74 Å². The number of thioether (sulfide) groups is 1. The standard InChI is InChI=1S/C19H19N5O2S/c1-12(2)26-16-5-4-13(8-14(16)10-24-7-6-21-11-24)17-15(9-20)18(25)23-19(22-17)27-3/h4-8,11-12H,10H2,1-3H3,(H,22,23,25). The molecular weight excluding hydrogens is 362 g/mol. The Labute approximate surface area is 161 Å². The first-order valence-corrected chi connectivity index (χ1v) is 9.58. The molecule has 8 heteroatoms. The summed E-state index contributed by atoms with van der Waals surface area (Å²) in [6.45, 7) is 4.48. The first-order chi connectivity index (χ1) is 13.0. The second-order valence-corrected chi connectivity index (χ2v) is 6.93. The highest BCUT2D eigenvalue weighted by atomic mass is 32.2. The molecule has 0 unspecified atom stereocenters. The fraction of sp³-hybridized carbons (Fsp3) is 0.263. The lowest BCUT2D eigenvalue weighted by molar-refractivity contribution is 0.239. The van der Waals surface area contributed by atoms with Gasteiger partial charge in [-0.05, 0) is 38.3 Å². The minimum Gasteiger partial charge on any atom is -0.491 e. The van der Waals surface area contributed by atoms with Crippen LogP contribution in [-0.2, 0) is 6.54 Å². The number of aromatic nitrogens is 4. The summed E-state index contributed by atoms with van der Waals surface area (Å²) >= 11 is 1.32. The normalized spacial score (nSPS) is 10.8. The van der Waals surface area contributed by atoms with E-state index in [4.69, 9.17) is 4.74 Å². The third-order valence-electron chi connectivity index (χ3n) is 3.81. The number of hydrogen-bond acceptors (Lipinski definition) is 6. The van der Waals surface area contributed by atoms with E-state index in [-0.39, 0.29) is 11.7 Å². The molecule has 138 valence electrons. The van der Waals surface area contributed by atoms with Crippen LogP contribution in [0.2, 0.25) is 0 Å². The van der Waals surface area contributed by atoms with Gasteiger partial charge in [0.2, 0.25) is 0 Å². The minimum atomic E-state index is -0.439. The molecule has 1 aromatic carbocycles. The van der Waals surface area contributed by atoms with E-state index in [9.17, 15) is 10.1 Å². The van der Waals surface area contributed by atoms with Crippen LogP contribution in [0.1, 0.15) is 25.0 Å². The van der Waals surface area contributed by atoms with Crippen molar-refractivity contribution in [3.63, 3.8) is 0 Å². The van der Waals surface area contributed by atoms with Gasteiger partial charge in [0.25, 0.3) is 5.56 Å². The summed E-state index contributed by atoms with van der Waals surface area (Å²) in [5.74, 6) is 0.746. The van der Waals surface area contributed by atoms with E-state index in [1.165, 1.54) is 11.8 Å². The number of benzene rings is 1. The Bertz CT molecular complexity index is 1040. The van der Waals surface area contributed by atoms with Crippen LogP contribution in [0, 0.1) is 11.3 Å². The first kappa shape index (κ1) is 18.7. The number of hydrogen-bond donors (Lipinski definition) is 1. The largest absolute Gasteiger partial charge is 0.491 e. The molecule has 0 spiro atoms. The fourth-order valence-corrected chi connectivity index (χ4v) is 3.04. The Hall–Kier alpha value is -3.05. The Morgan fingerprint density at radius 2 is 2.22 bits per heavy atom. The zero-order valence-corrected chi connectivity index (χ0v) is 16.1. The molecule has 0 amide bonds. The molecule has 0 atom stereocenters. The quantitative estimate of drug-likeness (QED) is 0.521. The van der Waals surface area contributed by atoms with Crippen molar-refractivity contribution in [2.24, 2.45) is 0 Å². The van der Waals surface area contributed by atoms with Crippen LogP contribution in [0.4, 0.5) is 0 Å². The average Bonchev–Trinajstić information content (AvgIpc) is 3.15. The zero-order chi connectivity index (χ0) is 19.4. The van der Waals surface area contributed by atoms with Crippen LogP contribution < -0.4 is 10.3 Å². The van der Waals surface area contributed by atoms with E-state index in [0.29, 0.717) is 23.0 Å². The number of aromatic amines is 1. The van der Waals surface area contributed by atoms with E-state index in [1.54, 1.807) is 12.5 Å². The Morgan fingerprint density at radius 3 is 2.85 bits per heavy atom. The molecule has 0 aliphatic heterocycles. The summed E-state index contributed by atoms with van der Waals surface area (Å²) in [7, 11) is 0. The molecule has 3 aromatic rings. The lowest BCUT2D eigenvalue weighted by Crippen LogP contribution is -2.15. The highest BCUT2D eigenvalue weighted by Crippen LogP contribution is 2.29. The first-order valence-electron chi connectivity index (χ1n) is 8.36. The maximum absolute atomic E-state index is 12.2. The number of nitriles is 1. The number of ether oxygens (including phenoxy) is 1. The van der Waals surface area contributed by atoms with E-state index in [1.807, 2.05) is 55.1 Å². The molecule has 3 rings (SSSR count). The van der Waals surface area contributed by atoms with Crippen LogP contribution in [0.15, 0.2) is 46.9 Å². The van der Waals surface area contributed by atoms with Gasteiger partial charge in [0.15, 0.2) is 5.16 Å². The second-order valence-electron chi connectivity index (χ2n) is 6.13. The third-order valence-corrected chi connectivity index (χ3v) is 4.39. The van der Waals surface area contributed by atoms with Gasteiger partial charge < -0.3 is 14.3 Å². The fourth-order valence-electron chi connectivity index (χ4n) is 2.66.